The molecule has 4 rings (SSSR count). The van der Waals surface area contributed by atoms with Gasteiger partial charge in [0.15, 0.2) is 11.8 Å². The molecule has 1 saturated heterocycles. The van der Waals surface area contributed by atoms with Crippen LogP contribution in [0.5, 0.6) is 23.3 Å². The average Bonchev–Trinajstić information content (AvgIpc) is 3.11. The van der Waals surface area contributed by atoms with E-state index in [1.54, 1.807) is 0 Å². The van der Waals surface area contributed by atoms with E-state index in [1.807, 2.05) is 6.07 Å². The highest BCUT2D eigenvalue weighted by Crippen LogP contribution is 2.34. The number of hydrogen-bond acceptors (Lipinski definition) is 7. The van der Waals surface area contributed by atoms with E-state index < -0.39 is 10.0 Å². The van der Waals surface area contributed by atoms with Crippen molar-refractivity contribution in [1.82, 2.24) is 14.2 Å². The van der Waals surface area contributed by atoms with Gasteiger partial charge in [-0.3, -0.25) is 4.57 Å². The van der Waals surface area contributed by atoms with E-state index in [9.17, 15) is 23.9 Å². The molecular formula is C22H20Cl2N4O5S. The third-order valence-corrected chi connectivity index (χ3v) is 7.63. The molecule has 0 amide bonds. The zero-order valence-corrected chi connectivity index (χ0v) is 20.0. The Morgan fingerprint density at radius 3 is 2.41 bits per heavy atom. The molecule has 0 spiro atoms. The Kier molecular flexibility index (Phi) is 6.93. The first-order valence-electron chi connectivity index (χ1n) is 10.2. The fourth-order valence-electron chi connectivity index (χ4n) is 3.71. The molecule has 3 N–H and O–H groups in total. The van der Waals surface area contributed by atoms with Crippen molar-refractivity contribution >= 4 is 33.2 Å². The van der Waals surface area contributed by atoms with Gasteiger partial charge in [0.2, 0.25) is 10.0 Å². The summed E-state index contributed by atoms with van der Waals surface area (Å²) >= 11 is 12.1. The number of halogens is 2. The summed E-state index contributed by atoms with van der Waals surface area (Å²) in [5.41, 5.74) is 0.156. The van der Waals surface area contributed by atoms with Crippen LogP contribution < -0.4 is 10.1 Å². The number of aromatic nitrogens is 1. The Labute approximate surface area is 206 Å². The van der Waals surface area contributed by atoms with Crippen molar-refractivity contribution in [2.75, 3.05) is 19.6 Å². The number of benzene rings is 2. The molecule has 1 unspecified atom stereocenters. The third kappa shape index (κ3) is 5.09. The van der Waals surface area contributed by atoms with Crippen LogP contribution in [0, 0.1) is 11.3 Å². The van der Waals surface area contributed by atoms with Crippen LogP contribution in [0.1, 0.15) is 5.56 Å². The van der Waals surface area contributed by atoms with Gasteiger partial charge in [-0.15, -0.1) is 0 Å². The second-order valence-corrected chi connectivity index (χ2v) is 10.4. The summed E-state index contributed by atoms with van der Waals surface area (Å²) in [6.45, 7) is 0.754. The highest BCUT2D eigenvalue weighted by molar-refractivity contribution is 7.89. The lowest BCUT2D eigenvalue weighted by molar-refractivity contribution is 0.262. The Morgan fingerprint density at radius 2 is 1.76 bits per heavy atom. The van der Waals surface area contributed by atoms with Crippen LogP contribution in [0.15, 0.2) is 53.4 Å². The Morgan fingerprint density at radius 1 is 1.09 bits per heavy atom. The summed E-state index contributed by atoms with van der Waals surface area (Å²) in [5.74, 6) is 0.0114. The molecule has 3 aromatic rings. The number of piperazine rings is 1. The van der Waals surface area contributed by atoms with E-state index in [2.05, 4.69) is 5.32 Å². The predicted octanol–water partition coefficient (Wildman–Crippen LogP) is 3.53. The first-order chi connectivity index (χ1) is 16.2. The summed E-state index contributed by atoms with van der Waals surface area (Å²) in [7, 11) is -4.08. The minimum atomic E-state index is -4.08. The third-order valence-electron chi connectivity index (χ3n) is 5.31. The lowest BCUT2D eigenvalue weighted by atomic mass is 10.2. The second kappa shape index (κ2) is 9.74. The molecule has 1 atom stereocenters. The van der Waals surface area contributed by atoms with Crippen molar-refractivity contribution in [2.45, 2.75) is 17.5 Å². The molecule has 1 aromatic heterocycles. The van der Waals surface area contributed by atoms with Gasteiger partial charge < -0.3 is 20.3 Å². The number of nitriles is 1. The van der Waals surface area contributed by atoms with E-state index >= 15 is 0 Å². The highest BCUT2D eigenvalue weighted by atomic mass is 35.5. The van der Waals surface area contributed by atoms with Crippen LogP contribution >= 0.6 is 23.2 Å². The van der Waals surface area contributed by atoms with Crippen molar-refractivity contribution < 1.29 is 23.4 Å². The summed E-state index contributed by atoms with van der Waals surface area (Å²) in [5, 5.41) is 33.0. The second-order valence-electron chi connectivity index (χ2n) is 7.65. The fourth-order valence-corrected chi connectivity index (χ4v) is 5.84. The number of ether oxygens (including phenoxy) is 1. The number of aromatic hydroxyl groups is 2. The smallest absolute Gasteiger partial charge is 0.246 e. The molecule has 0 aliphatic carbocycles. The van der Waals surface area contributed by atoms with Crippen LogP contribution in [0.3, 0.4) is 0 Å². The quantitative estimate of drug-likeness (QED) is 0.451. The summed E-state index contributed by atoms with van der Waals surface area (Å²) in [4.78, 5) is -0.171. The average molecular weight is 523 g/mol. The molecule has 1 aliphatic rings. The van der Waals surface area contributed by atoms with E-state index in [-0.39, 0.29) is 59.4 Å². The highest BCUT2D eigenvalue weighted by Gasteiger charge is 2.33. The number of nitrogens with one attached hydrogen (secondary N) is 1. The van der Waals surface area contributed by atoms with Gasteiger partial charge in [0.25, 0.3) is 0 Å². The molecule has 0 saturated carbocycles. The molecule has 1 fully saturated rings. The van der Waals surface area contributed by atoms with Gasteiger partial charge in [-0.1, -0.05) is 23.2 Å². The molecule has 12 heteroatoms. The zero-order valence-electron chi connectivity index (χ0n) is 17.6. The number of rotatable bonds is 6. The van der Waals surface area contributed by atoms with Crippen molar-refractivity contribution in [3.8, 4) is 29.3 Å². The van der Waals surface area contributed by atoms with Crippen LogP contribution in [0.2, 0.25) is 10.0 Å². The van der Waals surface area contributed by atoms with E-state index in [1.165, 1.54) is 57.4 Å². The summed E-state index contributed by atoms with van der Waals surface area (Å²) in [6, 6.07) is 12.9. The van der Waals surface area contributed by atoms with E-state index in [0.717, 1.165) is 0 Å². The first kappa shape index (κ1) is 24.2. The topological polar surface area (TPSA) is 128 Å². The molecule has 2 aromatic carbocycles. The molecule has 9 nitrogen and oxygen atoms in total. The number of nitrogens with zero attached hydrogens (tertiary/aromatic N) is 3. The SMILES string of the molecule is N#Cc1ccc(Oc2cc(Cl)cc(Cl)c2)c(S(=O)(=O)N2CCNC(Cn3c(O)ccc3O)C2)c1. The number of sulfonamides is 1. The maximum Gasteiger partial charge on any atom is 0.246 e. The first-order valence-corrected chi connectivity index (χ1v) is 12.4. The van der Waals surface area contributed by atoms with Gasteiger partial charge in [0, 0.05) is 54.4 Å². The van der Waals surface area contributed by atoms with E-state index in [4.69, 9.17) is 27.9 Å². The minimum absolute atomic E-state index is 0.0214. The van der Waals surface area contributed by atoms with Crippen molar-refractivity contribution in [1.29, 1.82) is 5.26 Å². The molecule has 0 bridgehead atoms. The molecule has 1 aliphatic heterocycles. The normalized spacial score (nSPS) is 16.8. The van der Waals surface area contributed by atoms with Crippen molar-refractivity contribution in [3.05, 3.63) is 64.1 Å². The Bertz CT molecular complexity index is 1330. The van der Waals surface area contributed by atoms with Crippen molar-refractivity contribution in [2.24, 2.45) is 0 Å². The fraction of sp³-hybridized carbons (Fsp3) is 0.227. The standard InChI is InChI=1S/C22H20Cl2N4O5S/c23-15-8-16(24)10-18(9-15)33-19-2-1-14(11-25)7-20(19)34(31,32)27-6-5-26-17(12-27)13-28-21(29)3-4-22(28)30/h1-4,7-10,17,26,29-30H,5-6,12-13H2. The van der Waals surface area contributed by atoms with Crippen LogP contribution in [0.4, 0.5) is 0 Å². The lowest BCUT2D eigenvalue weighted by Gasteiger charge is -2.33. The number of hydrogen-bond donors (Lipinski definition) is 3. The maximum absolute atomic E-state index is 13.6. The molecular weight excluding hydrogens is 503 g/mol. The Hall–Kier alpha value is -2.94. The Balaban J connectivity index is 1.64. The maximum atomic E-state index is 13.6. The molecule has 0 radical (unpaired) electrons. The van der Waals surface area contributed by atoms with Gasteiger partial charge in [-0.25, -0.2) is 8.42 Å². The molecule has 2 heterocycles. The van der Waals surface area contributed by atoms with Gasteiger partial charge >= 0.3 is 0 Å². The van der Waals surface area contributed by atoms with Crippen LogP contribution in [0.25, 0.3) is 0 Å². The van der Waals surface area contributed by atoms with Crippen molar-refractivity contribution in [3.63, 3.8) is 0 Å². The van der Waals surface area contributed by atoms with Crippen LogP contribution in [-0.4, -0.2) is 53.2 Å². The zero-order chi connectivity index (χ0) is 24.5. The molecule has 178 valence electrons. The van der Waals surface area contributed by atoms with Gasteiger partial charge in [0.05, 0.1) is 11.6 Å². The van der Waals surface area contributed by atoms with Crippen LogP contribution in [-0.2, 0) is 16.6 Å². The summed E-state index contributed by atoms with van der Waals surface area (Å²) in [6.07, 6.45) is 0. The lowest BCUT2D eigenvalue weighted by Crippen LogP contribution is -2.53. The molecule has 34 heavy (non-hydrogen) atoms. The largest absolute Gasteiger partial charge is 0.494 e. The van der Waals surface area contributed by atoms with Gasteiger partial charge in [0.1, 0.15) is 16.4 Å². The predicted molar refractivity (Wildman–Crippen MR) is 126 cm³/mol. The monoisotopic (exact) mass is 522 g/mol. The van der Waals surface area contributed by atoms with Gasteiger partial charge in [-0.05, 0) is 36.4 Å². The minimum Gasteiger partial charge on any atom is -0.494 e. The van der Waals surface area contributed by atoms with Gasteiger partial charge in [-0.2, -0.15) is 9.57 Å². The van der Waals surface area contributed by atoms with E-state index in [0.29, 0.717) is 16.6 Å². The summed E-state index contributed by atoms with van der Waals surface area (Å²) < 4.78 is 35.6.